The summed E-state index contributed by atoms with van der Waals surface area (Å²) in [7, 11) is 0. The molecule has 0 radical (unpaired) electrons. The van der Waals surface area contributed by atoms with Gasteiger partial charge in [-0.2, -0.15) is 0 Å². The largest absolute Gasteiger partial charge is 0.390 e. The quantitative estimate of drug-likeness (QED) is 0.781. The first-order chi connectivity index (χ1) is 7.56. The van der Waals surface area contributed by atoms with E-state index in [1.807, 2.05) is 0 Å². The van der Waals surface area contributed by atoms with E-state index in [4.69, 9.17) is 4.74 Å². The minimum absolute atomic E-state index is 0.00213. The van der Waals surface area contributed by atoms with Crippen molar-refractivity contribution in [3.05, 3.63) is 0 Å². The van der Waals surface area contributed by atoms with Gasteiger partial charge in [-0.15, -0.1) is 0 Å². The highest BCUT2D eigenvalue weighted by atomic mass is 16.5. The third-order valence-electron chi connectivity index (χ3n) is 3.56. The molecule has 0 spiro atoms. The first-order valence-electron chi connectivity index (χ1n) is 6.60. The highest BCUT2D eigenvalue weighted by Gasteiger charge is 2.30. The maximum atomic E-state index is 10.2. The molecule has 3 nitrogen and oxygen atoms in total. The summed E-state index contributed by atoms with van der Waals surface area (Å²) in [5, 5.41) is 10.2. The van der Waals surface area contributed by atoms with E-state index in [9.17, 15) is 5.11 Å². The summed E-state index contributed by atoms with van der Waals surface area (Å²) in [5.41, 5.74) is 0. The van der Waals surface area contributed by atoms with Gasteiger partial charge in [-0.1, -0.05) is 20.3 Å². The number of aliphatic hydroxyl groups excluding tert-OH is 1. The van der Waals surface area contributed by atoms with E-state index < -0.39 is 0 Å². The van der Waals surface area contributed by atoms with Crippen LogP contribution in [0.2, 0.25) is 0 Å². The molecule has 0 aromatic heterocycles. The molecule has 1 saturated heterocycles. The van der Waals surface area contributed by atoms with Gasteiger partial charge in [0.15, 0.2) is 0 Å². The predicted octanol–water partition coefficient (Wildman–Crippen LogP) is 1.89. The minimum atomic E-state index is -0.318. The van der Waals surface area contributed by atoms with Crippen LogP contribution in [0.4, 0.5) is 0 Å². The van der Waals surface area contributed by atoms with Crippen LogP contribution in [0.15, 0.2) is 0 Å². The molecule has 3 unspecified atom stereocenters. The van der Waals surface area contributed by atoms with E-state index in [-0.39, 0.29) is 12.2 Å². The molecule has 3 atom stereocenters. The summed E-state index contributed by atoms with van der Waals surface area (Å²) in [5.74, 6) is 0.335. The number of ether oxygens (including phenoxy) is 1. The topological polar surface area (TPSA) is 32.7 Å². The number of rotatable bonds is 5. The van der Waals surface area contributed by atoms with Gasteiger partial charge >= 0.3 is 0 Å². The number of hydrogen-bond acceptors (Lipinski definition) is 3. The molecular formula is C13H27NO2. The summed E-state index contributed by atoms with van der Waals surface area (Å²) in [4.78, 5) is 2.38. The highest BCUT2D eigenvalue weighted by Crippen LogP contribution is 2.19. The lowest BCUT2D eigenvalue weighted by Gasteiger charge is -2.38. The van der Waals surface area contributed by atoms with Crippen molar-refractivity contribution in [2.24, 2.45) is 5.92 Å². The molecule has 0 aliphatic carbocycles. The van der Waals surface area contributed by atoms with Crippen molar-refractivity contribution in [1.82, 2.24) is 4.90 Å². The lowest BCUT2D eigenvalue weighted by molar-refractivity contribution is -0.109. The summed E-state index contributed by atoms with van der Waals surface area (Å²) in [6.07, 6.45) is 1.88. The average Bonchev–Trinajstić information content (AvgIpc) is 2.28. The van der Waals surface area contributed by atoms with Gasteiger partial charge < -0.3 is 9.84 Å². The van der Waals surface area contributed by atoms with Crippen LogP contribution >= 0.6 is 0 Å². The first-order valence-corrected chi connectivity index (χ1v) is 6.60. The van der Waals surface area contributed by atoms with Gasteiger partial charge in [-0.05, 0) is 26.2 Å². The summed E-state index contributed by atoms with van der Waals surface area (Å²) >= 11 is 0. The molecule has 16 heavy (non-hydrogen) atoms. The second-order valence-corrected chi connectivity index (χ2v) is 5.25. The molecule has 1 fully saturated rings. The zero-order valence-electron chi connectivity index (χ0n) is 11.1. The zero-order valence-corrected chi connectivity index (χ0v) is 11.1. The van der Waals surface area contributed by atoms with Crippen molar-refractivity contribution in [3.63, 3.8) is 0 Å². The van der Waals surface area contributed by atoms with Crippen LogP contribution in [0.25, 0.3) is 0 Å². The van der Waals surface area contributed by atoms with Crippen LogP contribution in [-0.2, 0) is 4.74 Å². The molecule has 1 N–H and O–H groups in total. The number of morpholine rings is 1. The molecule has 0 bridgehead atoms. The molecule has 1 aliphatic heterocycles. The van der Waals surface area contributed by atoms with Crippen molar-refractivity contribution < 1.29 is 9.84 Å². The van der Waals surface area contributed by atoms with Crippen LogP contribution < -0.4 is 0 Å². The monoisotopic (exact) mass is 229 g/mol. The minimum Gasteiger partial charge on any atom is -0.390 e. The zero-order chi connectivity index (χ0) is 12.1. The summed E-state index contributed by atoms with van der Waals surface area (Å²) < 4.78 is 5.70. The van der Waals surface area contributed by atoms with Crippen molar-refractivity contribution in [1.29, 1.82) is 0 Å². The maximum Gasteiger partial charge on any atom is 0.0963 e. The van der Waals surface area contributed by atoms with Crippen molar-refractivity contribution in [2.45, 2.75) is 58.8 Å². The Balaban J connectivity index is 2.46. The molecule has 0 aromatic carbocycles. The lowest BCUT2D eigenvalue weighted by atomic mass is 9.94. The first kappa shape index (κ1) is 13.9. The lowest BCUT2D eigenvalue weighted by Crippen LogP contribution is -2.51. The Labute approximate surface area is 99.8 Å². The molecule has 1 rings (SSSR count). The van der Waals surface area contributed by atoms with E-state index in [2.05, 4.69) is 32.6 Å². The van der Waals surface area contributed by atoms with E-state index in [1.54, 1.807) is 0 Å². The predicted molar refractivity (Wildman–Crippen MR) is 66.5 cm³/mol. The van der Waals surface area contributed by atoms with Crippen LogP contribution in [0.3, 0.4) is 0 Å². The van der Waals surface area contributed by atoms with E-state index in [0.717, 1.165) is 32.5 Å². The Bertz CT molecular complexity index is 196. The van der Waals surface area contributed by atoms with Gasteiger partial charge in [-0.25, -0.2) is 0 Å². The van der Waals surface area contributed by atoms with Gasteiger partial charge in [0.2, 0.25) is 0 Å². The fourth-order valence-corrected chi connectivity index (χ4v) is 2.36. The van der Waals surface area contributed by atoms with Gasteiger partial charge in [-0.3, -0.25) is 4.90 Å². The summed E-state index contributed by atoms with van der Waals surface area (Å²) in [6, 6.07) is 0.542. The number of hydrogen-bond donors (Lipinski definition) is 1. The smallest absolute Gasteiger partial charge is 0.0963 e. The van der Waals surface area contributed by atoms with Gasteiger partial charge in [0.25, 0.3) is 0 Å². The van der Waals surface area contributed by atoms with Crippen molar-refractivity contribution in [3.8, 4) is 0 Å². The van der Waals surface area contributed by atoms with Crippen LogP contribution in [0.1, 0.15) is 40.5 Å². The molecule has 0 aromatic rings. The molecule has 0 saturated carbocycles. The fraction of sp³-hybridized carbons (Fsp3) is 1.00. The van der Waals surface area contributed by atoms with E-state index >= 15 is 0 Å². The average molecular weight is 229 g/mol. The Morgan fingerprint density at radius 1 is 1.38 bits per heavy atom. The fourth-order valence-electron chi connectivity index (χ4n) is 2.36. The Hall–Kier alpha value is -0.120. The SMILES string of the molecule is CCCC(C)C(O)C1CN(C(C)C)CCO1. The van der Waals surface area contributed by atoms with Crippen molar-refractivity contribution >= 4 is 0 Å². The molecule has 96 valence electrons. The van der Waals surface area contributed by atoms with E-state index in [0.29, 0.717) is 12.0 Å². The molecule has 1 aliphatic rings. The number of nitrogens with zero attached hydrogens (tertiary/aromatic N) is 1. The Kier molecular flexibility index (Phi) is 5.73. The molecule has 3 heteroatoms. The molecule has 0 amide bonds. The van der Waals surface area contributed by atoms with Crippen LogP contribution in [0, 0.1) is 5.92 Å². The highest BCUT2D eigenvalue weighted by molar-refractivity contribution is 4.82. The number of aliphatic hydroxyl groups is 1. The molecular weight excluding hydrogens is 202 g/mol. The second-order valence-electron chi connectivity index (χ2n) is 5.25. The van der Waals surface area contributed by atoms with Gasteiger partial charge in [0.1, 0.15) is 0 Å². The van der Waals surface area contributed by atoms with Crippen molar-refractivity contribution in [2.75, 3.05) is 19.7 Å². The Morgan fingerprint density at radius 3 is 2.62 bits per heavy atom. The normalized spacial score (nSPS) is 27.0. The standard InChI is InChI=1S/C13H27NO2/c1-5-6-11(4)13(15)12-9-14(10(2)3)7-8-16-12/h10-13,15H,5-9H2,1-4H3. The second kappa shape index (κ2) is 6.58. The molecule has 1 heterocycles. The van der Waals surface area contributed by atoms with Gasteiger partial charge in [0.05, 0.1) is 18.8 Å². The van der Waals surface area contributed by atoms with Crippen LogP contribution in [0.5, 0.6) is 0 Å². The third-order valence-corrected chi connectivity index (χ3v) is 3.56. The maximum absolute atomic E-state index is 10.2. The third kappa shape index (κ3) is 3.72. The Morgan fingerprint density at radius 2 is 2.06 bits per heavy atom. The summed E-state index contributed by atoms with van der Waals surface area (Å²) in [6.45, 7) is 11.3. The van der Waals surface area contributed by atoms with E-state index in [1.165, 1.54) is 0 Å². The van der Waals surface area contributed by atoms with Crippen LogP contribution in [-0.4, -0.2) is 48.0 Å². The van der Waals surface area contributed by atoms with Gasteiger partial charge in [0, 0.05) is 19.1 Å².